The molecule has 0 saturated carbocycles. The maximum Gasteiger partial charge on any atom is 0.231 e. The minimum atomic E-state index is -1.19. The van der Waals surface area contributed by atoms with Gasteiger partial charge >= 0.3 is 0 Å². The van der Waals surface area contributed by atoms with E-state index in [0.29, 0.717) is 31.1 Å². The number of carbonyl (C=O) groups is 2. The first-order chi connectivity index (χ1) is 14.2. The van der Waals surface area contributed by atoms with Gasteiger partial charge in [0.15, 0.2) is 11.5 Å². The monoisotopic (exact) mass is 437 g/mol. The van der Waals surface area contributed by atoms with Crippen LogP contribution in [-0.4, -0.2) is 60.0 Å². The number of likely N-dealkylation sites (N-methyl/N-ethyl adjacent to an activating group) is 1. The molecule has 7 nitrogen and oxygen atoms in total. The largest absolute Gasteiger partial charge is 0.454 e. The Morgan fingerprint density at radius 1 is 1.30 bits per heavy atom. The van der Waals surface area contributed by atoms with Gasteiger partial charge in [0, 0.05) is 27.6 Å². The summed E-state index contributed by atoms with van der Waals surface area (Å²) in [6.45, 7) is 9.72. The summed E-state index contributed by atoms with van der Waals surface area (Å²) < 4.78 is 22.7. The van der Waals surface area contributed by atoms with Crippen LogP contribution in [0.15, 0.2) is 18.2 Å². The summed E-state index contributed by atoms with van der Waals surface area (Å²) in [5, 5.41) is 3.11. The van der Waals surface area contributed by atoms with Crippen molar-refractivity contribution in [1.29, 1.82) is 0 Å². The second kappa shape index (κ2) is 11.0. The fourth-order valence-electron chi connectivity index (χ4n) is 3.41. The second-order valence-corrected chi connectivity index (χ2v) is 14.6. The van der Waals surface area contributed by atoms with Gasteiger partial charge < -0.3 is 33.9 Å². The van der Waals surface area contributed by atoms with E-state index in [1.165, 1.54) is 6.92 Å². The molecule has 0 amide bonds. The van der Waals surface area contributed by atoms with Gasteiger partial charge in [-0.1, -0.05) is 25.7 Å². The average Bonchev–Trinajstić information content (AvgIpc) is 3.15. The quantitative estimate of drug-likeness (QED) is 0.207. The van der Waals surface area contributed by atoms with Crippen LogP contribution in [0.5, 0.6) is 11.5 Å². The Labute approximate surface area is 180 Å². The van der Waals surface area contributed by atoms with Crippen molar-refractivity contribution in [3.05, 3.63) is 23.8 Å². The maximum atomic E-state index is 12.6. The summed E-state index contributed by atoms with van der Waals surface area (Å²) in [5.41, 5.74) is -0.275. The number of Topliss-reactive ketones (excluding diaryl/α,β-unsaturated/α-hetero) is 1. The van der Waals surface area contributed by atoms with Crippen molar-refractivity contribution in [3.63, 3.8) is 0 Å². The molecular weight excluding hydrogens is 402 g/mol. The number of carbonyl (C=O) groups excluding carboxylic acids is 2. The van der Waals surface area contributed by atoms with Crippen LogP contribution >= 0.6 is 0 Å². The molecular formula is C22H35NO6Si. The number of nitrogens with one attached hydrogen (secondary N) is 1. The summed E-state index contributed by atoms with van der Waals surface area (Å²) in [7, 11) is 0.615. The van der Waals surface area contributed by atoms with Gasteiger partial charge in [0.2, 0.25) is 6.79 Å². The minimum absolute atomic E-state index is 0.0246. The first-order valence-electron chi connectivity index (χ1n) is 10.4. The molecule has 8 heteroatoms. The highest BCUT2D eigenvalue weighted by Crippen LogP contribution is 2.40. The van der Waals surface area contributed by atoms with E-state index < -0.39 is 19.6 Å². The highest BCUT2D eigenvalue weighted by Gasteiger charge is 2.42. The van der Waals surface area contributed by atoms with Gasteiger partial charge in [-0.2, -0.15) is 0 Å². The lowest BCUT2D eigenvalue weighted by Gasteiger charge is -2.36. The van der Waals surface area contributed by atoms with Gasteiger partial charge in [-0.25, -0.2) is 0 Å². The average molecular weight is 438 g/mol. The Bertz CT molecular complexity index is 720. The molecule has 1 aliphatic rings. The predicted molar refractivity (Wildman–Crippen MR) is 118 cm³/mol. The van der Waals surface area contributed by atoms with Crippen LogP contribution in [0.3, 0.4) is 0 Å². The molecule has 0 radical (unpaired) electrons. The van der Waals surface area contributed by atoms with Gasteiger partial charge in [0.05, 0.1) is 11.5 Å². The Morgan fingerprint density at radius 3 is 2.67 bits per heavy atom. The zero-order valence-electron chi connectivity index (χ0n) is 18.8. The summed E-state index contributed by atoms with van der Waals surface area (Å²) >= 11 is 0. The predicted octanol–water partition coefficient (Wildman–Crippen LogP) is 3.14. The molecule has 30 heavy (non-hydrogen) atoms. The van der Waals surface area contributed by atoms with Crippen LogP contribution in [-0.2, 0) is 24.5 Å². The fraction of sp³-hybridized carbons (Fsp3) is 0.636. The van der Waals surface area contributed by atoms with Crippen molar-refractivity contribution >= 4 is 20.1 Å². The number of fused-ring (bicyclic) bond motifs is 1. The molecule has 0 aromatic heterocycles. The molecule has 2 rings (SSSR count). The van der Waals surface area contributed by atoms with Crippen molar-refractivity contribution in [2.45, 2.75) is 57.0 Å². The molecule has 2 atom stereocenters. The molecule has 0 bridgehead atoms. The molecule has 1 aromatic rings. The van der Waals surface area contributed by atoms with E-state index in [2.05, 4.69) is 25.0 Å². The van der Waals surface area contributed by atoms with E-state index >= 15 is 0 Å². The summed E-state index contributed by atoms with van der Waals surface area (Å²) in [4.78, 5) is 24.3. The number of rotatable bonds is 14. The summed E-state index contributed by atoms with van der Waals surface area (Å²) in [6, 6.07) is 6.50. The van der Waals surface area contributed by atoms with E-state index in [9.17, 15) is 9.59 Å². The molecule has 1 heterocycles. The first kappa shape index (κ1) is 24.5. The van der Waals surface area contributed by atoms with E-state index in [1.807, 2.05) is 19.2 Å². The van der Waals surface area contributed by atoms with Crippen LogP contribution < -0.4 is 14.8 Å². The van der Waals surface area contributed by atoms with Crippen molar-refractivity contribution in [2.24, 2.45) is 0 Å². The Kier molecular flexibility index (Phi) is 9.03. The van der Waals surface area contributed by atoms with Gasteiger partial charge in [0.1, 0.15) is 18.9 Å². The topological polar surface area (TPSA) is 83.1 Å². The number of aldehydes is 1. The second-order valence-electron chi connectivity index (χ2n) is 8.98. The molecule has 0 fully saturated rings. The number of ether oxygens (including phenoxy) is 4. The smallest absolute Gasteiger partial charge is 0.231 e. The third-order valence-corrected chi connectivity index (χ3v) is 7.03. The lowest BCUT2D eigenvalue weighted by molar-refractivity contribution is -0.133. The SMILES string of the molecule is CNCC(OCOCC[Si](C)(C)C)[C@](C=O)(CCC(C)=O)c1ccc2c(c1)OCO2. The van der Waals surface area contributed by atoms with E-state index in [1.54, 1.807) is 6.07 Å². The Hall–Kier alpha value is -1.74. The highest BCUT2D eigenvalue weighted by molar-refractivity contribution is 6.76. The Balaban J connectivity index is 2.24. The van der Waals surface area contributed by atoms with Crippen LogP contribution in [0.4, 0.5) is 0 Å². The first-order valence-corrected chi connectivity index (χ1v) is 14.1. The molecule has 168 valence electrons. The standard InChI is InChI=1S/C22H35NO6Si/c1-17(25)8-9-22(14-24,18-6-7-19-20(12-18)28-16-27-19)21(13-23-2)29-15-26-10-11-30(3,4)5/h6-7,12,14,21,23H,8-11,13,15-16H2,1-5H3/t21?,22-/m0/s1. The Morgan fingerprint density at radius 2 is 2.03 bits per heavy atom. The van der Waals surface area contributed by atoms with E-state index in [-0.39, 0.29) is 25.8 Å². The number of benzene rings is 1. The maximum absolute atomic E-state index is 12.6. The number of ketones is 1. The summed E-state index contributed by atoms with van der Waals surface area (Å²) in [5.74, 6) is 1.26. The molecule has 1 aliphatic heterocycles. The molecule has 1 aromatic carbocycles. The van der Waals surface area contributed by atoms with Crippen molar-refractivity contribution in [2.75, 3.05) is 33.8 Å². The van der Waals surface area contributed by atoms with Crippen molar-refractivity contribution in [1.82, 2.24) is 5.32 Å². The third-order valence-electron chi connectivity index (χ3n) is 5.32. The van der Waals surface area contributed by atoms with Crippen LogP contribution in [0.25, 0.3) is 0 Å². The van der Waals surface area contributed by atoms with Gasteiger partial charge in [-0.05, 0) is 44.1 Å². The van der Waals surface area contributed by atoms with E-state index in [4.69, 9.17) is 18.9 Å². The lowest BCUT2D eigenvalue weighted by Crippen LogP contribution is -2.48. The number of hydrogen-bond acceptors (Lipinski definition) is 7. The van der Waals surface area contributed by atoms with Crippen molar-refractivity contribution < 1.29 is 28.5 Å². The molecule has 0 saturated heterocycles. The third kappa shape index (κ3) is 6.63. The van der Waals surface area contributed by atoms with Crippen molar-refractivity contribution in [3.8, 4) is 11.5 Å². The van der Waals surface area contributed by atoms with E-state index in [0.717, 1.165) is 17.9 Å². The van der Waals surface area contributed by atoms with Gasteiger partial charge in [0.25, 0.3) is 0 Å². The van der Waals surface area contributed by atoms with Crippen LogP contribution in [0.1, 0.15) is 25.3 Å². The normalized spacial score (nSPS) is 16.2. The molecule has 0 spiro atoms. The lowest BCUT2D eigenvalue weighted by atomic mass is 9.72. The zero-order valence-corrected chi connectivity index (χ0v) is 19.8. The van der Waals surface area contributed by atoms with Gasteiger partial charge in [-0.3, -0.25) is 0 Å². The van der Waals surface area contributed by atoms with Crippen LogP contribution in [0.2, 0.25) is 25.7 Å². The number of hydrogen-bond donors (Lipinski definition) is 1. The molecule has 0 aliphatic carbocycles. The molecule has 1 unspecified atom stereocenters. The minimum Gasteiger partial charge on any atom is -0.454 e. The fourth-order valence-corrected chi connectivity index (χ4v) is 4.16. The molecule has 1 N–H and O–H groups in total. The summed E-state index contributed by atoms with van der Waals surface area (Å²) in [6.07, 6.45) is 1.00. The van der Waals surface area contributed by atoms with Crippen LogP contribution in [0, 0.1) is 0 Å². The highest BCUT2D eigenvalue weighted by atomic mass is 28.3. The van der Waals surface area contributed by atoms with Gasteiger partial charge in [-0.15, -0.1) is 0 Å². The zero-order chi connectivity index (χ0) is 22.2.